The van der Waals surface area contributed by atoms with E-state index in [9.17, 15) is 30.6 Å². The normalized spacial score (nSPS) is 54.4. The highest BCUT2D eigenvalue weighted by Gasteiger charge is 2.58. The molecule has 1 saturated carbocycles. The number of hydrogen-bond donors (Lipinski definition) is 6. The topological polar surface area (TPSA) is 149 Å². The van der Waals surface area contributed by atoms with Gasteiger partial charge in [-0.3, -0.25) is 0 Å². The monoisotopic (exact) mass is 348 g/mol. The zero-order chi connectivity index (χ0) is 17.7. The van der Waals surface area contributed by atoms with Crippen molar-refractivity contribution >= 4 is 0 Å². The molecule has 2 heterocycles. The lowest BCUT2D eigenvalue weighted by Gasteiger charge is -2.42. The van der Waals surface area contributed by atoms with Crippen molar-refractivity contribution in [2.75, 3.05) is 6.61 Å². The Morgan fingerprint density at radius 2 is 1.79 bits per heavy atom. The summed E-state index contributed by atoms with van der Waals surface area (Å²) in [5.41, 5.74) is -2.46. The van der Waals surface area contributed by atoms with E-state index in [0.717, 1.165) is 0 Å². The van der Waals surface area contributed by atoms with Gasteiger partial charge < -0.3 is 44.8 Å². The Hall–Kier alpha value is -0.780. The largest absolute Gasteiger partial charge is 0.472 e. The highest BCUT2D eigenvalue weighted by molar-refractivity contribution is 5.16. The van der Waals surface area contributed by atoms with Crippen LogP contribution in [0.25, 0.3) is 0 Å². The molecular weight excluding hydrogens is 324 g/mol. The maximum absolute atomic E-state index is 10.6. The summed E-state index contributed by atoms with van der Waals surface area (Å²) in [5.74, 6) is -0.740. The van der Waals surface area contributed by atoms with Gasteiger partial charge in [-0.05, 0) is 25.8 Å². The number of aliphatic hydroxyl groups excluding tert-OH is 4. The Labute approximate surface area is 138 Å². The van der Waals surface area contributed by atoms with E-state index in [0.29, 0.717) is 12.8 Å². The van der Waals surface area contributed by atoms with Gasteiger partial charge in [0.1, 0.15) is 24.4 Å². The molecule has 0 unspecified atom stereocenters. The van der Waals surface area contributed by atoms with Crippen molar-refractivity contribution in [1.82, 2.24) is 0 Å². The Kier molecular flexibility index (Phi) is 4.65. The molecule has 9 heteroatoms. The smallest absolute Gasteiger partial charge is 0.207 e. The first-order chi connectivity index (χ1) is 11.2. The highest BCUT2D eigenvalue weighted by atomic mass is 16.7. The molecule has 9 nitrogen and oxygen atoms in total. The molecule has 0 aromatic carbocycles. The molecule has 0 bridgehead atoms. The van der Waals surface area contributed by atoms with Crippen molar-refractivity contribution in [2.24, 2.45) is 5.92 Å². The van der Waals surface area contributed by atoms with Gasteiger partial charge in [-0.1, -0.05) is 0 Å². The first kappa shape index (κ1) is 18.0. The van der Waals surface area contributed by atoms with Crippen molar-refractivity contribution in [1.29, 1.82) is 0 Å². The van der Waals surface area contributed by atoms with Crippen LogP contribution in [0.5, 0.6) is 0 Å². The third kappa shape index (κ3) is 2.95. The Bertz CT molecular complexity index is 495. The van der Waals surface area contributed by atoms with Gasteiger partial charge in [0.25, 0.3) is 0 Å². The predicted molar refractivity (Wildman–Crippen MR) is 77.2 cm³/mol. The van der Waals surface area contributed by atoms with E-state index in [1.807, 2.05) is 0 Å². The maximum atomic E-state index is 10.6. The third-order valence-electron chi connectivity index (χ3n) is 5.19. The average Bonchev–Trinajstić information content (AvgIpc) is 2.78. The second-order valence-electron chi connectivity index (χ2n) is 7.00. The van der Waals surface area contributed by atoms with E-state index in [1.165, 1.54) is 12.3 Å². The molecule has 0 spiro atoms. The predicted octanol–water partition coefficient (Wildman–Crippen LogP) is -2.43. The van der Waals surface area contributed by atoms with Gasteiger partial charge in [0.05, 0.1) is 30.0 Å². The van der Waals surface area contributed by atoms with Gasteiger partial charge in [-0.15, -0.1) is 0 Å². The number of ether oxygens (including phenoxy) is 3. The molecule has 1 aliphatic carbocycles. The number of hydrogen-bond acceptors (Lipinski definition) is 9. The molecule has 3 rings (SSSR count). The summed E-state index contributed by atoms with van der Waals surface area (Å²) >= 11 is 0. The second-order valence-corrected chi connectivity index (χ2v) is 7.00. The lowest BCUT2D eigenvalue weighted by Crippen LogP contribution is -2.59. The van der Waals surface area contributed by atoms with Gasteiger partial charge in [0, 0.05) is 0 Å². The quantitative estimate of drug-likeness (QED) is 0.327. The SMILES string of the molecule is C[C@]1(O)CC[C@]2(O)C=CO[C@@H](OC[C@H]3O[C@@H](O)[C@H](O)[C@@H](O)[C@@H]3O)[C@H]12. The molecule has 2 aliphatic heterocycles. The van der Waals surface area contributed by atoms with Crippen LogP contribution in [0.1, 0.15) is 19.8 Å². The van der Waals surface area contributed by atoms with Crippen LogP contribution < -0.4 is 0 Å². The van der Waals surface area contributed by atoms with Crippen LogP contribution >= 0.6 is 0 Å². The van der Waals surface area contributed by atoms with E-state index >= 15 is 0 Å². The summed E-state index contributed by atoms with van der Waals surface area (Å²) in [6, 6.07) is 0. The van der Waals surface area contributed by atoms with E-state index in [2.05, 4.69) is 0 Å². The zero-order valence-electron chi connectivity index (χ0n) is 13.2. The molecule has 0 amide bonds. The summed E-state index contributed by atoms with van der Waals surface area (Å²) in [4.78, 5) is 0. The van der Waals surface area contributed by atoms with Gasteiger partial charge >= 0.3 is 0 Å². The fourth-order valence-corrected chi connectivity index (χ4v) is 3.73. The number of fused-ring (bicyclic) bond motifs is 1. The molecule has 9 atom stereocenters. The Balaban J connectivity index is 1.67. The van der Waals surface area contributed by atoms with Crippen LogP contribution in [0.15, 0.2) is 12.3 Å². The molecule has 0 aromatic heterocycles. The van der Waals surface area contributed by atoms with Crippen LogP contribution in [0.4, 0.5) is 0 Å². The molecule has 6 N–H and O–H groups in total. The van der Waals surface area contributed by atoms with Crippen molar-refractivity contribution in [3.8, 4) is 0 Å². The van der Waals surface area contributed by atoms with Crippen molar-refractivity contribution < 1.29 is 44.8 Å². The second kappa shape index (κ2) is 6.19. The first-order valence-electron chi connectivity index (χ1n) is 7.93. The Morgan fingerprint density at radius 3 is 2.50 bits per heavy atom. The van der Waals surface area contributed by atoms with Crippen LogP contribution in [0, 0.1) is 5.92 Å². The lowest BCUT2D eigenvalue weighted by molar-refractivity contribution is -0.302. The standard InChI is InChI=1S/C15H24O9/c1-14(20)2-3-15(21)4-5-22-13(11(14)15)23-6-7-8(16)9(17)10(18)12(19)24-7/h4-5,7-13,16-21H,2-3,6H2,1H3/t7-,8-,9+,10-,11-,12-,13+,14+,15+/m1/s1. The molecule has 24 heavy (non-hydrogen) atoms. The summed E-state index contributed by atoms with van der Waals surface area (Å²) in [5, 5.41) is 59.7. The van der Waals surface area contributed by atoms with Gasteiger partial charge in [-0.25, -0.2) is 0 Å². The lowest BCUT2D eigenvalue weighted by atomic mass is 9.82. The van der Waals surface area contributed by atoms with Crippen molar-refractivity contribution in [2.45, 2.75) is 68.0 Å². The van der Waals surface area contributed by atoms with Gasteiger partial charge in [-0.2, -0.15) is 0 Å². The van der Waals surface area contributed by atoms with Crippen LogP contribution in [-0.4, -0.2) is 85.4 Å². The minimum atomic E-state index is -1.66. The van der Waals surface area contributed by atoms with Gasteiger partial charge in [0.15, 0.2) is 6.29 Å². The minimum Gasteiger partial charge on any atom is -0.472 e. The van der Waals surface area contributed by atoms with E-state index in [4.69, 9.17) is 14.2 Å². The van der Waals surface area contributed by atoms with Gasteiger partial charge in [0.2, 0.25) is 6.29 Å². The molecule has 0 radical (unpaired) electrons. The van der Waals surface area contributed by atoms with Crippen molar-refractivity contribution in [3.05, 3.63) is 12.3 Å². The first-order valence-corrected chi connectivity index (χ1v) is 7.93. The molecule has 1 saturated heterocycles. The average molecular weight is 348 g/mol. The molecular formula is C15H24O9. The highest BCUT2D eigenvalue weighted by Crippen LogP contribution is 2.48. The molecule has 3 aliphatic rings. The Morgan fingerprint density at radius 1 is 1.08 bits per heavy atom. The number of rotatable bonds is 3. The van der Waals surface area contributed by atoms with Crippen LogP contribution in [0.2, 0.25) is 0 Å². The molecule has 138 valence electrons. The van der Waals surface area contributed by atoms with Crippen molar-refractivity contribution in [3.63, 3.8) is 0 Å². The zero-order valence-corrected chi connectivity index (χ0v) is 13.2. The molecule has 0 aromatic rings. The van der Waals surface area contributed by atoms with E-state index in [1.54, 1.807) is 6.92 Å². The number of aliphatic hydroxyl groups is 6. The summed E-state index contributed by atoms with van der Waals surface area (Å²) in [6.07, 6.45) is -4.91. The summed E-state index contributed by atoms with van der Waals surface area (Å²) in [6.45, 7) is 1.31. The summed E-state index contributed by atoms with van der Waals surface area (Å²) < 4.78 is 15.9. The third-order valence-corrected chi connectivity index (χ3v) is 5.19. The maximum Gasteiger partial charge on any atom is 0.207 e. The van der Waals surface area contributed by atoms with E-state index < -0.39 is 54.1 Å². The fraction of sp³-hybridized carbons (Fsp3) is 0.867. The minimum absolute atomic E-state index is 0.275. The van der Waals surface area contributed by atoms with Crippen LogP contribution in [-0.2, 0) is 14.2 Å². The van der Waals surface area contributed by atoms with E-state index in [-0.39, 0.29) is 6.61 Å². The summed E-state index contributed by atoms with van der Waals surface area (Å²) in [7, 11) is 0. The van der Waals surface area contributed by atoms with Crippen LogP contribution in [0.3, 0.4) is 0 Å². The fourth-order valence-electron chi connectivity index (χ4n) is 3.73. The molecule has 2 fully saturated rings.